The fourth-order valence-corrected chi connectivity index (χ4v) is 1.48. The molecule has 0 saturated carbocycles. The zero-order valence-electron chi connectivity index (χ0n) is 7.48. The summed E-state index contributed by atoms with van der Waals surface area (Å²) >= 11 is 0. The van der Waals surface area contributed by atoms with Gasteiger partial charge in [-0.05, 0) is 6.07 Å². The zero-order valence-corrected chi connectivity index (χ0v) is 8.29. The molecule has 88 valence electrons. The van der Waals surface area contributed by atoms with Gasteiger partial charge in [0.15, 0.2) is 0 Å². The van der Waals surface area contributed by atoms with E-state index >= 15 is 0 Å². The van der Waals surface area contributed by atoms with Crippen LogP contribution in [-0.4, -0.2) is 12.0 Å². The summed E-state index contributed by atoms with van der Waals surface area (Å²) in [6.45, 7) is 0. The first-order valence-electron chi connectivity index (χ1n) is 3.61. The molecule has 0 aliphatic rings. The predicted molar refractivity (Wildman–Crippen MR) is 49.6 cm³/mol. The number of nitrogen functional groups attached to an aromatic ring is 1. The Balaban J connectivity index is 3.39. The second-order valence-corrected chi connectivity index (χ2v) is 5.24. The standard InChI is InChI=1S/C6H8F5N3S/c1-13-6-5(12)2-4(3-14-6)15(7,8,9,10)11/h2-3H,12H2,1H3,(H,13,14). The quantitative estimate of drug-likeness (QED) is 0.790. The van der Waals surface area contributed by atoms with Crippen LogP contribution in [0.25, 0.3) is 0 Å². The van der Waals surface area contributed by atoms with Crippen LogP contribution in [-0.2, 0) is 0 Å². The first-order valence-corrected chi connectivity index (χ1v) is 5.56. The van der Waals surface area contributed by atoms with Crippen molar-refractivity contribution in [2.24, 2.45) is 0 Å². The Bertz CT molecular complexity index is 400. The van der Waals surface area contributed by atoms with E-state index in [1.807, 2.05) is 0 Å². The molecular formula is C6H8F5N3S. The molecule has 1 aromatic rings. The van der Waals surface area contributed by atoms with E-state index in [2.05, 4.69) is 10.3 Å². The van der Waals surface area contributed by atoms with Crippen LogP contribution in [0, 0.1) is 0 Å². The summed E-state index contributed by atoms with van der Waals surface area (Å²) in [6.07, 6.45) is 0.0593. The third-order valence-corrected chi connectivity index (χ3v) is 2.69. The number of nitrogens with two attached hydrogens (primary N) is 1. The van der Waals surface area contributed by atoms with Crippen LogP contribution in [0.4, 0.5) is 30.9 Å². The number of anilines is 2. The summed E-state index contributed by atoms with van der Waals surface area (Å²) in [5.74, 6) is -0.0828. The maximum Gasteiger partial charge on any atom is 0.311 e. The SMILES string of the molecule is CNc1ncc(S(F)(F)(F)(F)F)cc1N. The highest BCUT2D eigenvalue weighted by atomic mass is 32.5. The number of aromatic nitrogens is 1. The van der Waals surface area contributed by atoms with E-state index in [1.165, 1.54) is 7.05 Å². The summed E-state index contributed by atoms with van der Waals surface area (Å²) < 4.78 is 61.2. The second-order valence-electron chi connectivity index (χ2n) is 2.83. The van der Waals surface area contributed by atoms with Crippen molar-refractivity contribution in [3.05, 3.63) is 12.3 Å². The van der Waals surface area contributed by atoms with Gasteiger partial charge in [-0.3, -0.25) is 0 Å². The Kier molecular flexibility index (Phi) is 1.94. The largest absolute Gasteiger partial charge is 0.396 e. The lowest BCUT2D eigenvalue weighted by molar-refractivity contribution is 0.363. The minimum atomic E-state index is -9.67. The summed E-state index contributed by atoms with van der Waals surface area (Å²) in [4.78, 5) is 1.06. The minimum absolute atomic E-state index is 0.0593. The van der Waals surface area contributed by atoms with Crippen LogP contribution in [0.5, 0.6) is 0 Å². The summed E-state index contributed by atoms with van der Waals surface area (Å²) in [5.41, 5.74) is 4.62. The summed E-state index contributed by atoms with van der Waals surface area (Å²) in [5, 5.41) is 2.36. The molecule has 0 aliphatic heterocycles. The van der Waals surface area contributed by atoms with Crippen LogP contribution in [0.15, 0.2) is 17.2 Å². The van der Waals surface area contributed by atoms with E-state index in [0.29, 0.717) is 0 Å². The van der Waals surface area contributed by atoms with Gasteiger partial charge in [0.2, 0.25) is 0 Å². The van der Waals surface area contributed by atoms with E-state index in [0.717, 1.165) is 0 Å². The Labute approximate surface area is 82.2 Å². The smallest absolute Gasteiger partial charge is 0.311 e. The minimum Gasteiger partial charge on any atom is -0.396 e. The molecule has 1 heterocycles. The molecule has 15 heavy (non-hydrogen) atoms. The molecule has 0 saturated heterocycles. The van der Waals surface area contributed by atoms with E-state index < -0.39 is 20.8 Å². The van der Waals surface area contributed by atoms with E-state index in [4.69, 9.17) is 5.73 Å². The molecule has 1 aromatic heterocycles. The maximum atomic E-state index is 12.2. The van der Waals surface area contributed by atoms with Crippen LogP contribution in [0.3, 0.4) is 0 Å². The maximum absolute atomic E-state index is 12.2. The molecular weight excluding hydrogens is 241 g/mol. The fourth-order valence-electron chi connectivity index (χ4n) is 0.881. The molecule has 0 aliphatic carbocycles. The first kappa shape index (κ1) is 11.8. The van der Waals surface area contributed by atoms with Crippen molar-refractivity contribution in [1.82, 2.24) is 4.98 Å². The third-order valence-electron chi connectivity index (χ3n) is 1.57. The molecule has 3 nitrogen and oxygen atoms in total. The normalized spacial score (nSPS) is 16.7. The number of halogens is 5. The molecule has 0 bridgehead atoms. The Morgan fingerprint density at radius 2 is 1.80 bits per heavy atom. The molecule has 0 amide bonds. The lowest BCUT2D eigenvalue weighted by Gasteiger charge is -2.40. The van der Waals surface area contributed by atoms with Gasteiger partial charge in [-0.15, -0.1) is 0 Å². The van der Waals surface area contributed by atoms with Crippen LogP contribution in [0.1, 0.15) is 0 Å². The van der Waals surface area contributed by atoms with Crippen LogP contribution < -0.4 is 11.1 Å². The van der Waals surface area contributed by atoms with Gasteiger partial charge in [0.1, 0.15) is 10.7 Å². The molecule has 0 atom stereocenters. The van der Waals surface area contributed by atoms with Crippen LogP contribution >= 0.6 is 10.2 Å². The van der Waals surface area contributed by atoms with Gasteiger partial charge in [-0.1, -0.05) is 19.4 Å². The highest BCUT2D eigenvalue weighted by Crippen LogP contribution is 3.02. The van der Waals surface area contributed by atoms with Crippen molar-refractivity contribution in [1.29, 1.82) is 0 Å². The molecule has 1 rings (SSSR count). The molecule has 0 unspecified atom stereocenters. The fraction of sp³-hybridized carbons (Fsp3) is 0.167. The number of nitrogens with zero attached hydrogens (tertiary/aromatic N) is 1. The Hall–Kier alpha value is -1.25. The Morgan fingerprint density at radius 3 is 2.13 bits per heavy atom. The zero-order chi connectivity index (χ0) is 12.0. The number of rotatable bonds is 2. The van der Waals surface area contributed by atoms with Gasteiger partial charge in [0, 0.05) is 7.05 Å². The van der Waals surface area contributed by atoms with Crippen molar-refractivity contribution >= 4 is 21.7 Å². The lowest BCUT2D eigenvalue weighted by atomic mass is 10.4. The van der Waals surface area contributed by atoms with E-state index in [9.17, 15) is 19.4 Å². The molecule has 3 N–H and O–H groups in total. The van der Waals surface area contributed by atoms with Crippen molar-refractivity contribution in [3.63, 3.8) is 0 Å². The average Bonchev–Trinajstić information content (AvgIpc) is 2.00. The summed E-state index contributed by atoms with van der Waals surface area (Å²) in [6, 6.07) is 0.167. The molecule has 0 fully saturated rings. The van der Waals surface area contributed by atoms with E-state index in [-0.39, 0.29) is 18.1 Å². The molecule has 0 radical (unpaired) electrons. The van der Waals surface area contributed by atoms with Gasteiger partial charge < -0.3 is 11.1 Å². The Morgan fingerprint density at radius 1 is 1.27 bits per heavy atom. The lowest BCUT2D eigenvalue weighted by Crippen LogP contribution is -2.08. The number of nitrogens with one attached hydrogen (secondary N) is 1. The average molecular weight is 249 g/mol. The van der Waals surface area contributed by atoms with Crippen molar-refractivity contribution < 1.29 is 19.4 Å². The van der Waals surface area contributed by atoms with Crippen LogP contribution in [0.2, 0.25) is 0 Å². The van der Waals surface area contributed by atoms with E-state index in [1.54, 1.807) is 0 Å². The number of hydrogen-bond acceptors (Lipinski definition) is 3. The monoisotopic (exact) mass is 249 g/mol. The van der Waals surface area contributed by atoms with Crippen molar-refractivity contribution in [2.75, 3.05) is 18.1 Å². The van der Waals surface area contributed by atoms with Gasteiger partial charge in [-0.2, -0.15) is 0 Å². The topological polar surface area (TPSA) is 50.9 Å². The van der Waals surface area contributed by atoms with Gasteiger partial charge in [0.25, 0.3) is 0 Å². The molecule has 0 aromatic carbocycles. The number of pyridine rings is 1. The first-order chi connectivity index (χ1) is 6.44. The highest BCUT2D eigenvalue weighted by molar-refractivity contribution is 8.45. The van der Waals surface area contributed by atoms with Crippen molar-refractivity contribution in [2.45, 2.75) is 4.90 Å². The number of hydrogen-bond donors (Lipinski definition) is 2. The van der Waals surface area contributed by atoms with Crippen molar-refractivity contribution in [3.8, 4) is 0 Å². The summed E-state index contributed by atoms with van der Waals surface area (Å²) in [7, 11) is -8.31. The third kappa shape index (κ3) is 2.61. The highest BCUT2D eigenvalue weighted by Gasteiger charge is 2.65. The second kappa shape index (κ2) is 2.46. The predicted octanol–water partition coefficient (Wildman–Crippen LogP) is 3.36. The van der Waals surface area contributed by atoms with Gasteiger partial charge in [-0.25, -0.2) is 4.98 Å². The molecule has 0 spiro atoms. The van der Waals surface area contributed by atoms with Gasteiger partial charge in [0.05, 0.1) is 11.9 Å². The molecule has 9 heteroatoms. The van der Waals surface area contributed by atoms with Gasteiger partial charge >= 0.3 is 10.2 Å².